The van der Waals surface area contributed by atoms with Gasteiger partial charge in [0.2, 0.25) is 5.91 Å². The minimum Gasteiger partial charge on any atom is -0.392 e. The summed E-state index contributed by atoms with van der Waals surface area (Å²) >= 11 is 0. The maximum atomic E-state index is 12.0. The van der Waals surface area contributed by atoms with E-state index >= 15 is 0 Å². The van der Waals surface area contributed by atoms with Gasteiger partial charge in [-0.1, -0.05) is 31.0 Å². The Morgan fingerprint density at radius 3 is 2.83 bits per heavy atom. The Kier molecular flexibility index (Phi) is 3.06. The van der Waals surface area contributed by atoms with Gasteiger partial charge in [-0.05, 0) is 18.9 Å². The van der Waals surface area contributed by atoms with Crippen molar-refractivity contribution in [2.45, 2.75) is 43.9 Å². The first-order chi connectivity index (χ1) is 8.75. The minimum atomic E-state index is -0.334. The van der Waals surface area contributed by atoms with Gasteiger partial charge >= 0.3 is 0 Å². The molecule has 1 aliphatic carbocycles. The van der Waals surface area contributed by atoms with Gasteiger partial charge in [0, 0.05) is 17.3 Å². The number of carbonyl (C=O) groups excluding carboxylic acids is 1. The number of amides is 1. The van der Waals surface area contributed by atoms with Crippen molar-refractivity contribution in [1.82, 2.24) is 5.32 Å². The van der Waals surface area contributed by atoms with Crippen LogP contribution in [-0.4, -0.2) is 23.2 Å². The first-order valence-corrected chi connectivity index (χ1v) is 6.59. The monoisotopic (exact) mass is 246 g/mol. The maximum Gasteiger partial charge on any atom is 0.246 e. The smallest absolute Gasteiger partial charge is 0.246 e. The lowest BCUT2D eigenvalue weighted by atomic mass is 9.91. The summed E-state index contributed by atoms with van der Waals surface area (Å²) in [6.45, 7) is 0. The topological polar surface area (TPSA) is 61.4 Å². The number of hydrogen-bond acceptors (Lipinski definition) is 3. The molecule has 0 spiro atoms. The lowest BCUT2D eigenvalue weighted by Crippen LogP contribution is -2.45. The average Bonchev–Trinajstić information content (AvgIpc) is 2.69. The molecule has 0 radical (unpaired) electrons. The molecule has 0 aromatic heterocycles. The van der Waals surface area contributed by atoms with Crippen LogP contribution in [-0.2, 0) is 4.79 Å². The van der Waals surface area contributed by atoms with Crippen molar-refractivity contribution in [3.63, 3.8) is 0 Å². The highest BCUT2D eigenvalue weighted by atomic mass is 16.3. The van der Waals surface area contributed by atoms with E-state index in [1.807, 2.05) is 24.3 Å². The van der Waals surface area contributed by atoms with Crippen molar-refractivity contribution >= 4 is 11.6 Å². The number of para-hydroxylation sites is 1. The lowest BCUT2D eigenvalue weighted by molar-refractivity contribution is -0.118. The number of anilines is 1. The summed E-state index contributed by atoms with van der Waals surface area (Å²) in [5, 5.41) is 16.1. The number of benzene rings is 1. The molecule has 1 heterocycles. The zero-order chi connectivity index (χ0) is 12.5. The minimum absolute atomic E-state index is 0.0195. The van der Waals surface area contributed by atoms with Crippen LogP contribution in [0.15, 0.2) is 24.3 Å². The quantitative estimate of drug-likeness (QED) is 0.742. The maximum absolute atomic E-state index is 12.0. The van der Waals surface area contributed by atoms with Crippen molar-refractivity contribution in [3.8, 4) is 0 Å². The Morgan fingerprint density at radius 1 is 1.22 bits per heavy atom. The standard InChI is InChI=1S/C14H18N2O2/c17-12-8-4-3-7-11(12)15-13-9-5-1-2-6-10(9)16-14(13)18/h1-2,5-6,11-13,15,17H,3-4,7-8H2,(H,16,18). The molecule has 3 atom stereocenters. The Morgan fingerprint density at radius 2 is 2.00 bits per heavy atom. The van der Waals surface area contributed by atoms with Gasteiger partial charge in [-0.25, -0.2) is 0 Å². The van der Waals surface area contributed by atoms with Crippen LogP contribution in [0.4, 0.5) is 5.69 Å². The predicted molar refractivity (Wildman–Crippen MR) is 69.2 cm³/mol. The van der Waals surface area contributed by atoms with E-state index in [0.717, 1.165) is 36.9 Å². The van der Waals surface area contributed by atoms with Crippen LogP contribution < -0.4 is 10.6 Å². The summed E-state index contributed by atoms with van der Waals surface area (Å²) in [6, 6.07) is 7.42. The zero-order valence-electron chi connectivity index (χ0n) is 10.2. The van der Waals surface area contributed by atoms with Crippen molar-refractivity contribution < 1.29 is 9.90 Å². The van der Waals surface area contributed by atoms with Crippen molar-refractivity contribution in [2.75, 3.05) is 5.32 Å². The summed E-state index contributed by atoms with van der Waals surface area (Å²) in [7, 11) is 0. The Hall–Kier alpha value is -1.39. The molecule has 18 heavy (non-hydrogen) atoms. The van der Waals surface area contributed by atoms with Crippen molar-refractivity contribution in [2.24, 2.45) is 0 Å². The lowest BCUT2D eigenvalue weighted by Gasteiger charge is -2.30. The molecule has 3 rings (SSSR count). The SMILES string of the molecule is O=C1Nc2ccccc2C1NC1CCCCC1O. The molecular weight excluding hydrogens is 228 g/mol. The second-order valence-electron chi connectivity index (χ2n) is 5.13. The highest BCUT2D eigenvalue weighted by Gasteiger charge is 2.34. The van der Waals surface area contributed by atoms with Gasteiger partial charge in [-0.3, -0.25) is 10.1 Å². The first-order valence-electron chi connectivity index (χ1n) is 6.59. The third-order valence-electron chi connectivity index (χ3n) is 3.90. The van der Waals surface area contributed by atoms with E-state index in [1.165, 1.54) is 0 Å². The summed E-state index contributed by atoms with van der Waals surface area (Å²) < 4.78 is 0. The van der Waals surface area contributed by atoms with Crippen LogP contribution >= 0.6 is 0 Å². The third-order valence-corrected chi connectivity index (χ3v) is 3.90. The second-order valence-corrected chi connectivity index (χ2v) is 5.13. The van der Waals surface area contributed by atoms with Crippen molar-refractivity contribution in [3.05, 3.63) is 29.8 Å². The van der Waals surface area contributed by atoms with Crippen LogP contribution in [0.3, 0.4) is 0 Å². The highest BCUT2D eigenvalue weighted by Crippen LogP contribution is 2.32. The summed E-state index contributed by atoms with van der Waals surface area (Å²) in [6.07, 6.45) is 3.62. The van der Waals surface area contributed by atoms with Crippen LogP contribution in [0, 0.1) is 0 Å². The van der Waals surface area contributed by atoms with Gasteiger partial charge < -0.3 is 10.4 Å². The molecule has 2 aliphatic rings. The first kappa shape index (κ1) is 11.7. The fraction of sp³-hybridized carbons (Fsp3) is 0.500. The van der Waals surface area contributed by atoms with E-state index in [4.69, 9.17) is 0 Å². The van der Waals surface area contributed by atoms with E-state index < -0.39 is 0 Å². The number of carbonyl (C=O) groups is 1. The van der Waals surface area contributed by atoms with E-state index in [1.54, 1.807) is 0 Å². The second kappa shape index (κ2) is 4.71. The zero-order valence-corrected chi connectivity index (χ0v) is 10.2. The molecule has 3 unspecified atom stereocenters. The molecule has 4 heteroatoms. The van der Waals surface area contributed by atoms with E-state index in [9.17, 15) is 9.90 Å². The Balaban J connectivity index is 1.78. The fourth-order valence-electron chi connectivity index (χ4n) is 2.89. The number of fused-ring (bicyclic) bond motifs is 1. The molecular formula is C14H18N2O2. The molecule has 1 aromatic rings. The number of nitrogens with one attached hydrogen (secondary N) is 2. The molecule has 1 aromatic carbocycles. The molecule has 1 saturated carbocycles. The number of rotatable bonds is 2. The molecule has 0 saturated heterocycles. The highest BCUT2D eigenvalue weighted by molar-refractivity contribution is 6.02. The molecule has 96 valence electrons. The fourth-order valence-corrected chi connectivity index (χ4v) is 2.89. The summed E-state index contributed by atoms with van der Waals surface area (Å²) in [4.78, 5) is 12.0. The normalized spacial score (nSPS) is 30.9. The predicted octanol–water partition coefficient (Wildman–Crippen LogP) is 1.57. The Bertz CT molecular complexity index is 461. The van der Waals surface area contributed by atoms with E-state index in [0.29, 0.717) is 0 Å². The van der Waals surface area contributed by atoms with E-state index in [-0.39, 0.29) is 24.1 Å². The molecule has 3 N–H and O–H groups in total. The summed E-state index contributed by atoms with van der Waals surface area (Å²) in [5.41, 5.74) is 1.87. The van der Waals surface area contributed by atoms with Crippen molar-refractivity contribution in [1.29, 1.82) is 0 Å². The average molecular weight is 246 g/mol. The Labute approximate surface area is 106 Å². The van der Waals surface area contributed by atoms with E-state index in [2.05, 4.69) is 10.6 Å². The molecule has 1 amide bonds. The van der Waals surface area contributed by atoms with Gasteiger partial charge in [-0.2, -0.15) is 0 Å². The summed E-state index contributed by atoms with van der Waals surface area (Å²) in [5.74, 6) is -0.0195. The van der Waals surface area contributed by atoms with Gasteiger partial charge in [0.25, 0.3) is 0 Å². The number of aliphatic hydroxyl groups is 1. The van der Waals surface area contributed by atoms with Gasteiger partial charge in [0.15, 0.2) is 0 Å². The van der Waals surface area contributed by atoms with Gasteiger partial charge in [0.1, 0.15) is 6.04 Å². The third kappa shape index (κ3) is 2.02. The van der Waals surface area contributed by atoms with Crippen LogP contribution in [0.1, 0.15) is 37.3 Å². The molecule has 0 bridgehead atoms. The van der Waals surface area contributed by atoms with Gasteiger partial charge in [0.05, 0.1) is 6.10 Å². The molecule has 1 aliphatic heterocycles. The van der Waals surface area contributed by atoms with Gasteiger partial charge in [-0.15, -0.1) is 0 Å². The van der Waals surface area contributed by atoms with Crippen LogP contribution in [0.25, 0.3) is 0 Å². The largest absolute Gasteiger partial charge is 0.392 e. The number of hydrogen-bond donors (Lipinski definition) is 3. The van der Waals surface area contributed by atoms with Crippen LogP contribution in [0.5, 0.6) is 0 Å². The number of aliphatic hydroxyl groups excluding tert-OH is 1. The molecule has 4 nitrogen and oxygen atoms in total. The van der Waals surface area contributed by atoms with Crippen LogP contribution in [0.2, 0.25) is 0 Å². The molecule has 1 fully saturated rings.